The van der Waals surface area contributed by atoms with Crippen molar-refractivity contribution in [3.05, 3.63) is 71.8 Å². The van der Waals surface area contributed by atoms with E-state index in [1.807, 2.05) is 37.4 Å². The molecule has 0 saturated heterocycles. The maximum Gasteiger partial charge on any atom is 0.203 e. The smallest absolute Gasteiger partial charge is 0.203 e. The van der Waals surface area contributed by atoms with Crippen molar-refractivity contribution in [2.45, 2.75) is 20.0 Å². The van der Waals surface area contributed by atoms with Gasteiger partial charge in [0.15, 0.2) is 0 Å². The van der Waals surface area contributed by atoms with Crippen LogP contribution >= 0.6 is 0 Å². The third kappa shape index (κ3) is 2.73. The second kappa shape index (κ2) is 6.68. The molecule has 1 N–H and O–H groups in total. The molecule has 142 valence electrons. The standard InChI is InChI=1S/C24H21N5/c1-3-29-21-10-8-16(14-25)12-18(21)19-13-17(9-11-22(19)29)15-26-24-27-20-6-4-5-7-23(20)28(24)2/h4-13H,3,15H2,1-2H3,(H,26,27). The minimum atomic E-state index is 0.684. The highest BCUT2D eigenvalue weighted by Crippen LogP contribution is 2.31. The lowest BCUT2D eigenvalue weighted by Crippen LogP contribution is -2.05. The second-order valence-corrected chi connectivity index (χ2v) is 7.28. The number of hydrogen-bond acceptors (Lipinski definition) is 3. The number of nitriles is 1. The monoisotopic (exact) mass is 379 g/mol. The van der Waals surface area contributed by atoms with Crippen LogP contribution in [0.3, 0.4) is 0 Å². The van der Waals surface area contributed by atoms with Crippen molar-refractivity contribution < 1.29 is 0 Å². The van der Waals surface area contributed by atoms with E-state index in [1.54, 1.807) is 0 Å². The lowest BCUT2D eigenvalue weighted by Gasteiger charge is -2.07. The second-order valence-electron chi connectivity index (χ2n) is 7.28. The van der Waals surface area contributed by atoms with Crippen molar-refractivity contribution in [2.24, 2.45) is 7.05 Å². The zero-order chi connectivity index (χ0) is 20.0. The van der Waals surface area contributed by atoms with E-state index in [0.29, 0.717) is 12.1 Å². The molecule has 0 unspecified atom stereocenters. The highest BCUT2D eigenvalue weighted by atomic mass is 15.2. The van der Waals surface area contributed by atoms with Crippen LogP contribution in [0.4, 0.5) is 5.95 Å². The molecule has 5 rings (SSSR count). The van der Waals surface area contributed by atoms with Crippen LogP contribution in [0, 0.1) is 11.3 Å². The molecule has 0 atom stereocenters. The van der Waals surface area contributed by atoms with Crippen LogP contribution in [-0.4, -0.2) is 14.1 Å². The predicted molar refractivity (Wildman–Crippen MR) is 118 cm³/mol. The average molecular weight is 379 g/mol. The van der Waals surface area contributed by atoms with E-state index in [0.717, 1.165) is 28.9 Å². The fourth-order valence-corrected chi connectivity index (χ4v) is 4.16. The van der Waals surface area contributed by atoms with Gasteiger partial charge in [-0.25, -0.2) is 4.98 Å². The molecule has 29 heavy (non-hydrogen) atoms. The summed E-state index contributed by atoms with van der Waals surface area (Å²) in [5.41, 5.74) is 6.34. The minimum Gasteiger partial charge on any atom is -0.352 e. The third-order valence-corrected chi connectivity index (χ3v) is 5.61. The fourth-order valence-electron chi connectivity index (χ4n) is 4.16. The van der Waals surface area contributed by atoms with E-state index in [9.17, 15) is 5.26 Å². The topological polar surface area (TPSA) is 58.6 Å². The number of imidazole rings is 1. The SMILES string of the molecule is CCn1c2ccc(C#N)cc2c2cc(CNc3nc4ccccc4n3C)ccc21. The van der Waals surface area contributed by atoms with Crippen LogP contribution in [-0.2, 0) is 20.1 Å². The summed E-state index contributed by atoms with van der Waals surface area (Å²) in [7, 11) is 2.03. The Labute approximate surface area is 168 Å². The molecule has 0 aliphatic rings. The van der Waals surface area contributed by atoms with E-state index >= 15 is 0 Å². The number of hydrogen-bond donors (Lipinski definition) is 1. The maximum absolute atomic E-state index is 9.31. The van der Waals surface area contributed by atoms with Crippen molar-refractivity contribution in [3.63, 3.8) is 0 Å². The molecule has 2 heterocycles. The molecular weight excluding hydrogens is 358 g/mol. The van der Waals surface area contributed by atoms with Crippen LogP contribution in [0.25, 0.3) is 32.8 Å². The number of anilines is 1. The van der Waals surface area contributed by atoms with Crippen molar-refractivity contribution in [1.82, 2.24) is 14.1 Å². The van der Waals surface area contributed by atoms with Gasteiger partial charge >= 0.3 is 0 Å². The molecule has 0 aliphatic heterocycles. The first-order valence-electron chi connectivity index (χ1n) is 9.80. The Hall–Kier alpha value is -3.78. The van der Waals surface area contributed by atoms with Crippen molar-refractivity contribution >= 4 is 38.8 Å². The highest BCUT2D eigenvalue weighted by Gasteiger charge is 2.12. The van der Waals surface area contributed by atoms with E-state index < -0.39 is 0 Å². The van der Waals surface area contributed by atoms with Gasteiger partial charge < -0.3 is 14.5 Å². The quantitative estimate of drug-likeness (QED) is 0.468. The van der Waals surface area contributed by atoms with Gasteiger partial charge in [0, 0.05) is 41.9 Å². The molecule has 0 radical (unpaired) electrons. The first-order chi connectivity index (χ1) is 14.2. The van der Waals surface area contributed by atoms with Gasteiger partial charge in [-0.05, 0) is 55.0 Å². The molecule has 5 aromatic rings. The minimum absolute atomic E-state index is 0.684. The first-order valence-corrected chi connectivity index (χ1v) is 9.80. The largest absolute Gasteiger partial charge is 0.352 e. The van der Waals surface area contributed by atoms with Crippen molar-refractivity contribution in [1.29, 1.82) is 5.26 Å². The summed E-state index contributed by atoms with van der Waals surface area (Å²) in [5.74, 6) is 0.856. The predicted octanol–water partition coefficient (Wildman–Crippen LogP) is 5.18. The molecule has 0 aliphatic carbocycles. The summed E-state index contributed by atoms with van der Waals surface area (Å²) >= 11 is 0. The van der Waals surface area contributed by atoms with Crippen LogP contribution in [0.15, 0.2) is 60.7 Å². The number of nitrogens with zero attached hydrogens (tertiary/aromatic N) is 4. The summed E-state index contributed by atoms with van der Waals surface area (Å²) < 4.78 is 4.38. The van der Waals surface area contributed by atoms with Gasteiger partial charge in [0.1, 0.15) is 0 Å². The highest BCUT2D eigenvalue weighted by molar-refractivity contribution is 6.08. The number of benzene rings is 3. The summed E-state index contributed by atoms with van der Waals surface area (Å²) in [6.07, 6.45) is 0. The lowest BCUT2D eigenvalue weighted by atomic mass is 10.1. The zero-order valence-corrected chi connectivity index (χ0v) is 16.5. The van der Waals surface area contributed by atoms with E-state index in [-0.39, 0.29) is 0 Å². The first kappa shape index (κ1) is 17.3. The molecule has 0 amide bonds. The van der Waals surface area contributed by atoms with Crippen LogP contribution < -0.4 is 5.32 Å². The van der Waals surface area contributed by atoms with Gasteiger partial charge in [-0.1, -0.05) is 18.2 Å². The molecule has 3 aromatic carbocycles. The Kier molecular flexibility index (Phi) is 3.99. The van der Waals surface area contributed by atoms with Gasteiger partial charge in [-0.15, -0.1) is 0 Å². The van der Waals surface area contributed by atoms with Gasteiger partial charge in [-0.2, -0.15) is 5.26 Å². The molecule has 0 saturated carbocycles. The van der Waals surface area contributed by atoms with Crippen molar-refractivity contribution in [3.8, 4) is 6.07 Å². The van der Waals surface area contributed by atoms with Crippen molar-refractivity contribution in [2.75, 3.05) is 5.32 Å². The molecule has 2 aromatic heterocycles. The Morgan fingerprint density at radius 3 is 2.48 bits per heavy atom. The molecule has 0 fully saturated rings. The van der Waals surface area contributed by atoms with Crippen LogP contribution in [0.5, 0.6) is 0 Å². The van der Waals surface area contributed by atoms with Crippen LogP contribution in [0.1, 0.15) is 18.1 Å². The molecule has 0 spiro atoms. The Morgan fingerprint density at radius 1 is 0.966 bits per heavy atom. The molecule has 5 nitrogen and oxygen atoms in total. The summed E-state index contributed by atoms with van der Waals surface area (Å²) in [4.78, 5) is 4.69. The third-order valence-electron chi connectivity index (χ3n) is 5.61. The zero-order valence-electron chi connectivity index (χ0n) is 16.5. The number of aromatic nitrogens is 3. The Bertz CT molecular complexity index is 1410. The van der Waals surface area contributed by atoms with Gasteiger partial charge in [-0.3, -0.25) is 0 Å². The number of rotatable bonds is 4. The van der Waals surface area contributed by atoms with E-state index in [4.69, 9.17) is 4.98 Å². The number of fused-ring (bicyclic) bond motifs is 4. The Morgan fingerprint density at radius 2 is 1.72 bits per heavy atom. The van der Waals surface area contributed by atoms with E-state index in [1.165, 1.54) is 22.0 Å². The molecule has 0 bridgehead atoms. The number of nitrogens with one attached hydrogen (secondary N) is 1. The Balaban J connectivity index is 1.54. The number of para-hydroxylation sites is 2. The fraction of sp³-hybridized carbons (Fsp3) is 0.167. The lowest BCUT2D eigenvalue weighted by molar-refractivity contribution is 0.827. The average Bonchev–Trinajstić information content (AvgIpc) is 3.25. The molecular formula is C24H21N5. The summed E-state index contributed by atoms with van der Waals surface area (Å²) in [6, 6.07) is 22.9. The summed E-state index contributed by atoms with van der Waals surface area (Å²) in [6.45, 7) is 3.73. The maximum atomic E-state index is 9.31. The van der Waals surface area contributed by atoms with E-state index in [2.05, 4.69) is 57.8 Å². The van der Waals surface area contributed by atoms with Crippen LogP contribution in [0.2, 0.25) is 0 Å². The number of aryl methyl sites for hydroxylation is 2. The normalized spacial score (nSPS) is 11.3. The van der Waals surface area contributed by atoms with Gasteiger partial charge in [0.2, 0.25) is 5.95 Å². The van der Waals surface area contributed by atoms with Gasteiger partial charge in [0.25, 0.3) is 0 Å². The molecule has 5 heteroatoms. The summed E-state index contributed by atoms with van der Waals surface area (Å²) in [5, 5.41) is 15.1. The van der Waals surface area contributed by atoms with Gasteiger partial charge in [0.05, 0.1) is 22.7 Å².